The number of hydrogen-bond acceptors (Lipinski definition) is 4. The highest BCUT2D eigenvalue weighted by Gasteiger charge is 2.34. The SMILES string of the molecule is O=C(CCCN1C(=O)c2ccccc2C1=O)Nc1cc(Cl)ccc1OCC(F)(F)F. The molecule has 0 aliphatic carbocycles. The Balaban J connectivity index is 1.56. The number of nitrogens with one attached hydrogen (secondary N) is 1. The Kier molecular flexibility index (Phi) is 6.31. The number of halogens is 4. The van der Waals surface area contributed by atoms with Gasteiger partial charge in [-0.1, -0.05) is 23.7 Å². The van der Waals surface area contributed by atoms with Crippen molar-refractivity contribution in [1.82, 2.24) is 4.90 Å². The Morgan fingerprint density at radius 3 is 2.30 bits per heavy atom. The van der Waals surface area contributed by atoms with Gasteiger partial charge in [0.15, 0.2) is 6.61 Å². The molecule has 30 heavy (non-hydrogen) atoms. The summed E-state index contributed by atoms with van der Waals surface area (Å²) in [5.41, 5.74) is 0.632. The predicted octanol–water partition coefficient (Wildman–Crippen LogP) is 4.30. The van der Waals surface area contributed by atoms with Gasteiger partial charge >= 0.3 is 6.18 Å². The molecule has 158 valence electrons. The third-order valence-electron chi connectivity index (χ3n) is 4.27. The number of amides is 3. The van der Waals surface area contributed by atoms with Crippen molar-refractivity contribution in [3.8, 4) is 5.75 Å². The van der Waals surface area contributed by atoms with Crippen LogP contribution in [-0.2, 0) is 4.79 Å². The minimum atomic E-state index is -4.53. The van der Waals surface area contributed by atoms with Crippen LogP contribution in [0.5, 0.6) is 5.75 Å². The second kappa shape index (κ2) is 8.74. The average Bonchev–Trinajstić information content (AvgIpc) is 2.92. The quantitative estimate of drug-likeness (QED) is 0.651. The molecule has 2 aromatic rings. The number of benzene rings is 2. The maximum Gasteiger partial charge on any atom is 0.422 e. The van der Waals surface area contributed by atoms with E-state index in [4.69, 9.17) is 16.3 Å². The highest BCUT2D eigenvalue weighted by atomic mass is 35.5. The van der Waals surface area contributed by atoms with Crippen molar-refractivity contribution in [3.05, 3.63) is 58.6 Å². The maximum atomic E-state index is 12.4. The molecule has 1 heterocycles. The molecule has 0 aromatic heterocycles. The van der Waals surface area contributed by atoms with E-state index in [0.717, 1.165) is 4.90 Å². The van der Waals surface area contributed by atoms with Gasteiger partial charge in [-0.3, -0.25) is 19.3 Å². The van der Waals surface area contributed by atoms with Gasteiger partial charge in [-0.15, -0.1) is 0 Å². The third kappa shape index (κ3) is 5.10. The van der Waals surface area contributed by atoms with Crippen LogP contribution in [0.1, 0.15) is 33.6 Å². The number of imide groups is 1. The molecule has 0 unspecified atom stereocenters. The van der Waals surface area contributed by atoms with Crippen molar-refractivity contribution in [3.63, 3.8) is 0 Å². The zero-order chi connectivity index (χ0) is 21.9. The molecule has 1 N–H and O–H groups in total. The van der Waals surface area contributed by atoms with Crippen molar-refractivity contribution >= 4 is 35.0 Å². The lowest BCUT2D eigenvalue weighted by Gasteiger charge is -2.15. The summed E-state index contributed by atoms with van der Waals surface area (Å²) >= 11 is 5.85. The van der Waals surface area contributed by atoms with Crippen LogP contribution in [0.25, 0.3) is 0 Å². The molecule has 3 amide bonds. The van der Waals surface area contributed by atoms with Crippen molar-refractivity contribution in [2.75, 3.05) is 18.5 Å². The first-order chi connectivity index (χ1) is 14.2. The van der Waals surface area contributed by atoms with E-state index >= 15 is 0 Å². The van der Waals surface area contributed by atoms with E-state index in [1.807, 2.05) is 0 Å². The molecule has 10 heteroatoms. The van der Waals surface area contributed by atoms with Gasteiger partial charge < -0.3 is 10.1 Å². The van der Waals surface area contributed by atoms with E-state index in [-0.39, 0.29) is 35.8 Å². The lowest BCUT2D eigenvalue weighted by atomic mass is 10.1. The fourth-order valence-electron chi connectivity index (χ4n) is 2.94. The standard InChI is InChI=1S/C20H16ClF3N2O4/c21-12-7-8-16(30-11-20(22,23)24)15(10-12)25-17(27)6-3-9-26-18(28)13-4-1-2-5-14(13)19(26)29/h1-2,4-5,7-8,10H,3,6,9,11H2,(H,25,27). The topological polar surface area (TPSA) is 75.7 Å². The normalized spacial score (nSPS) is 13.4. The lowest BCUT2D eigenvalue weighted by Crippen LogP contribution is -2.31. The van der Waals surface area contributed by atoms with Crippen LogP contribution < -0.4 is 10.1 Å². The number of hydrogen-bond donors (Lipinski definition) is 1. The Bertz CT molecular complexity index is 959. The van der Waals surface area contributed by atoms with Crippen molar-refractivity contribution in [2.24, 2.45) is 0 Å². The number of anilines is 1. The zero-order valence-corrected chi connectivity index (χ0v) is 16.2. The Labute approximate surface area is 174 Å². The van der Waals surface area contributed by atoms with Crippen LogP contribution in [-0.4, -0.2) is 41.9 Å². The van der Waals surface area contributed by atoms with Gasteiger partial charge in [-0.25, -0.2) is 0 Å². The van der Waals surface area contributed by atoms with E-state index in [1.54, 1.807) is 24.3 Å². The lowest BCUT2D eigenvalue weighted by molar-refractivity contribution is -0.153. The summed E-state index contributed by atoms with van der Waals surface area (Å²) < 4.78 is 41.9. The molecule has 0 bridgehead atoms. The molecule has 0 atom stereocenters. The molecule has 1 aliphatic rings. The first-order valence-electron chi connectivity index (χ1n) is 8.90. The highest BCUT2D eigenvalue weighted by Crippen LogP contribution is 2.30. The number of fused-ring (bicyclic) bond motifs is 1. The first kappa shape index (κ1) is 21.6. The van der Waals surface area contributed by atoms with E-state index in [2.05, 4.69) is 5.32 Å². The zero-order valence-electron chi connectivity index (χ0n) is 15.5. The fourth-order valence-corrected chi connectivity index (χ4v) is 3.11. The van der Waals surface area contributed by atoms with Gasteiger partial charge in [0, 0.05) is 18.0 Å². The second-order valence-corrected chi connectivity index (χ2v) is 6.94. The molecular formula is C20H16ClF3N2O4. The summed E-state index contributed by atoms with van der Waals surface area (Å²) in [6, 6.07) is 10.3. The molecule has 3 rings (SSSR count). The molecule has 0 fully saturated rings. The monoisotopic (exact) mass is 440 g/mol. The van der Waals surface area contributed by atoms with Crippen molar-refractivity contribution < 1.29 is 32.3 Å². The predicted molar refractivity (Wildman–Crippen MR) is 103 cm³/mol. The third-order valence-corrected chi connectivity index (χ3v) is 4.51. The number of carbonyl (C=O) groups excluding carboxylic acids is 3. The Hall–Kier alpha value is -3.07. The molecular weight excluding hydrogens is 425 g/mol. The first-order valence-corrected chi connectivity index (χ1v) is 9.27. The maximum absolute atomic E-state index is 12.4. The molecule has 1 aliphatic heterocycles. The molecule has 2 aromatic carbocycles. The van der Waals surface area contributed by atoms with Gasteiger partial charge in [0.05, 0.1) is 16.8 Å². The van der Waals surface area contributed by atoms with Gasteiger partial charge in [0.25, 0.3) is 11.8 Å². The summed E-state index contributed by atoms with van der Waals surface area (Å²) in [7, 11) is 0. The summed E-state index contributed by atoms with van der Waals surface area (Å²) in [6.45, 7) is -1.48. The van der Waals surface area contributed by atoms with Crippen molar-refractivity contribution in [1.29, 1.82) is 0 Å². The van der Waals surface area contributed by atoms with Crippen LogP contribution in [0.4, 0.5) is 18.9 Å². The van der Waals surface area contributed by atoms with Crippen molar-refractivity contribution in [2.45, 2.75) is 19.0 Å². The molecule has 0 saturated carbocycles. The molecule has 6 nitrogen and oxygen atoms in total. The number of ether oxygens (including phenoxy) is 1. The minimum Gasteiger partial charge on any atom is -0.482 e. The molecule has 0 saturated heterocycles. The van der Waals surface area contributed by atoms with E-state index < -0.39 is 30.5 Å². The molecule has 0 radical (unpaired) electrons. The largest absolute Gasteiger partial charge is 0.482 e. The summed E-state index contributed by atoms with van der Waals surface area (Å²) in [6.07, 6.45) is -4.43. The number of nitrogens with zero attached hydrogens (tertiary/aromatic N) is 1. The summed E-state index contributed by atoms with van der Waals surface area (Å²) in [5, 5.41) is 2.65. The van der Waals surface area contributed by atoms with Gasteiger partial charge in [-0.2, -0.15) is 13.2 Å². The number of alkyl halides is 3. The van der Waals surface area contributed by atoms with Gasteiger partial charge in [-0.05, 0) is 36.8 Å². The Morgan fingerprint density at radius 1 is 1.07 bits per heavy atom. The smallest absolute Gasteiger partial charge is 0.422 e. The van der Waals surface area contributed by atoms with Crippen LogP contribution in [0, 0.1) is 0 Å². The van der Waals surface area contributed by atoms with Crippen LogP contribution in [0.15, 0.2) is 42.5 Å². The van der Waals surface area contributed by atoms with E-state index in [1.165, 1.54) is 18.2 Å². The van der Waals surface area contributed by atoms with Crippen LogP contribution in [0.3, 0.4) is 0 Å². The average molecular weight is 441 g/mol. The number of carbonyl (C=O) groups is 3. The summed E-state index contributed by atoms with van der Waals surface area (Å²) in [5.74, 6) is -1.54. The van der Waals surface area contributed by atoms with Gasteiger partial charge in [0.2, 0.25) is 5.91 Å². The van der Waals surface area contributed by atoms with E-state index in [0.29, 0.717) is 11.1 Å². The summed E-state index contributed by atoms with van der Waals surface area (Å²) in [4.78, 5) is 37.9. The molecule has 0 spiro atoms. The minimum absolute atomic E-state index is 0.00233. The Morgan fingerprint density at radius 2 is 1.70 bits per heavy atom. The van der Waals surface area contributed by atoms with Gasteiger partial charge in [0.1, 0.15) is 5.75 Å². The second-order valence-electron chi connectivity index (χ2n) is 6.50. The highest BCUT2D eigenvalue weighted by molar-refractivity contribution is 6.31. The van der Waals surface area contributed by atoms with Crippen LogP contribution >= 0.6 is 11.6 Å². The van der Waals surface area contributed by atoms with E-state index in [9.17, 15) is 27.6 Å². The number of rotatable bonds is 7. The van der Waals surface area contributed by atoms with Crippen LogP contribution in [0.2, 0.25) is 5.02 Å². The fraction of sp³-hybridized carbons (Fsp3) is 0.250.